The zero-order valence-electron chi connectivity index (χ0n) is 11.8. The van der Waals surface area contributed by atoms with E-state index in [0.717, 1.165) is 33.3 Å². The number of aromatic nitrogens is 3. The van der Waals surface area contributed by atoms with Gasteiger partial charge in [-0.1, -0.05) is 6.92 Å². The number of ether oxygens (including phenoxy) is 1. The Kier molecular flexibility index (Phi) is 6.08. The van der Waals surface area contributed by atoms with E-state index in [-0.39, 0.29) is 6.04 Å². The molecule has 2 aromatic rings. The number of halogens is 2. The molecule has 0 aliphatic rings. The third-order valence-electron chi connectivity index (χ3n) is 2.87. The van der Waals surface area contributed by atoms with Gasteiger partial charge >= 0.3 is 0 Å². The molecule has 112 valence electrons. The van der Waals surface area contributed by atoms with Crippen molar-refractivity contribution in [2.45, 2.75) is 19.4 Å². The number of methoxy groups -OCH3 is 1. The van der Waals surface area contributed by atoms with Crippen LogP contribution in [0.5, 0.6) is 5.88 Å². The highest BCUT2D eigenvalue weighted by Gasteiger charge is 2.23. The average molecular weight is 416 g/mol. The highest BCUT2D eigenvalue weighted by atomic mass is 79.9. The first kappa shape index (κ1) is 16.3. The molecule has 0 aromatic carbocycles. The van der Waals surface area contributed by atoms with Crippen molar-refractivity contribution in [3.05, 3.63) is 45.0 Å². The van der Waals surface area contributed by atoms with Gasteiger partial charge in [-0.25, -0.2) is 4.98 Å². The molecule has 0 aliphatic heterocycles. The predicted octanol–water partition coefficient (Wildman–Crippen LogP) is 3.49. The Morgan fingerprint density at radius 3 is 2.62 bits per heavy atom. The van der Waals surface area contributed by atoms with Gasteiger partial charge in [0.15, 0.2) is 0 Å². The van der Waals surface area contributed by atoms with Crippen molar-refractivity contribution in [3.63, 3.8) is 0 Å². The lowest BCUT2D eigenvalue weighted by molar-refractivity contribution is 0.381. The first-order chi connectivity index (χ1) is 10.2. The van der Waals surface area contributed by atoms with Crippen molar-refractivity contribution in [1.82, 2.24) is 20.3 Å². The second-order valence-electron chi connectivity index (χ2n) is 4.36. The van der Waals surface area contributed by atoms with Crippen LogP contribution < -0.4 is 10.1 Å². The van der Waals surface area contributed by atoms with Gasteiger partial charge in [-0.05, 0) is 50.9 Å². The zero-order chi connectivity index (χ0) is 15.2. The van der Waals surface area contributed by atoms with E-state index in [1.165, 1.54) is 0 Å². The molecule has 2 aromatic heterocycles. The minimum absolute atomic E-state index is 0.184. The molecule has 0 aliphatic carbocycles. The van der Waals surface area contributed by atoms with E-state index < -0.39 is 0 Å². The topological polar surface area (TPSA) is 59.9 Å². The Morgan fingerprint density at radius 1 is 1.19 bits per heavy atom. The number of nitrogens with one attached hydrogen (secondary N) is 1. The zero-order valence-corrected chi connectivity index (χ0v) is 15.0. The predicted molar refractivity (Wildman–Crippen MR) is 88.4 cm³/mol. The monoisotopic (exact) mass is 414 g/mol. The Morgan fingerprint density at radius 2 is 1.95 bits per heavy atom. The fourth-order valence-electron chi connectivity index (χ4n) is 1.94. The Balaban J connectivity index is 2.47. The van der Waals surface area contributed by atoms with Gasteiger partial charge in [0.2, 0.25) is 5.88 Å². The second-order valence-corrected chi connectivity index (χ2v) is 6.13. The summed E-state index contributed by atoms with van der Waals surface area (Å²) in [6, 6.07) is 1.78. The van der Waals surface area contributed by atoms with E-state index in [9.17, 15) is 0 Å². The van der Waals surface area contributed by atoms with Crippen LogP contribution in [0.15, 0.2) is 33.6 Å². The molecule has 5 nitrogen and oxygen atoms in total. The maximum Gasteiger partial charge on any atom is 0.237 e. The van der Waals surface area contributed by atoms with Crippen molar-refractivity contribution in [2.24, 2.45) is 0 Å². The molecule has 1 N–H and O–H groups in total. The van der Waals surface area contributed by atoms with E-state index in [0.29, 0.717) is 5.88 Å². The highest BCUT2D eigenvalue weighted by Crippen LogP contribution is 2.31. The van der Waals surface area contributed by atoms with Gasteiger partial charge in [0.25, 0.3) is 0 Å². The summed E-state index contributed by atoms with van der Waals surface area (Å²) in [4.78, 5) is 13.1. The number of pyridine rings is 1. The lowest BCUT2D eigenvalue weighted by Gasteiger charge is -2.20. The highest BCUT2D eigenvalue weighted by molar-refractivity contribution is 9.11. The number of hydrogen-bond donors (Lipinski definition) is 1. The first-order valence-corrected chi connectivity index (χ1v) is 8.15. The van der Waals surface area contributed by atoms with Crippen LogP contribution in [0.25, 0.3) is 0 Å². The van der Waals surface area contributed by atoms with E-state index in [1.54, 1.807) is 25.7 Å². The molecule has 0 spiro atoms. The SMILES string of the molecule is CCCNC(c1ncc(Br)cc1Br)c1nccnc1OC. The van der Waals surface area contributed by atoms with Crippen LogP contribution in [0.4, 0.5) is 0 Å². The van der Waals surface area contributed by atoms with Gasteiger partial charge in [-0.15, -0.1) is 0 Å². The molecule has 1 atom stereocenters. The molecule has 0 saturated heterocycles. The van der Waals surface area contributed by atoms with E-state index >= 15 is 0 Å². The van der Waals surface area contributed by atoms with Crippen LogP contribution in [-0.4, -0.2) is 28.6 Å². The van der Waals surface area contributed by atoms with Crippen LogP contribution in [-0.2, 0) is 0 Å². The molecule has 0 bridgehead atoms. The molecule has 21 heavy (non-hydrogen) atoms. The Labute approximate surface area is 140 Å². The fourth-order valence-corrected chi connectivity index (χ4v) is 3.16. The van der Waals surface area contributed by atoms with Crippen LogP contribution >= 0.6 is 31.9 Å². The van der Waals surface area contributed by atoms with E-state index in [1.807, 2.05) is 6.07 Å². The molecule has 0 fully saturated rings. The fraction of sp³-hybridized carbons (Fsp3) is 0.357. The van der Waals surface area contributed by atoms with Gasteiger partial charge in [0.05, 0.1) is 18.8 Å². The molecule has 2 rings (SSSR count). The van der Waals surface area contributed by atoms with Crippen molar-refractivity contribution in [1.29, 1.82) is 0 Å². The van der Waals surface area contributed by atoms with Crippen LogP contribution in [0.3, 0.4) is 0 Å². The molecule has 2 heterocycles. The van der Waals surface area contributed by atoms with Gasteiger partial charge in [0.1, 0.15) is 5.69 Å². The van der Waals surface area contributed by atoms with Gasteiger partial charge in [0, 0.05) is 27.5 Å². The molecule has 0 radical (unpaired) electrons. The summed E-state index contributed by atoms with van der Waals surface area (Å²) < 4.78 is 7.14. The maximum atomic E-state index is 5.33. The largest absolute Gasteiger partial charge is 0.480 e. The average Bonchev–Trinajstić information content (AvgIpc) is 2.49. The minimum Gasteiger partial charge on any atom is -0.480 e. The molecule has 1 unspecified atom stereocenters. The maximum absolute atomic E-state index is 5.33. The Hall–Kier alpha value is -1.05. The van der Waals surface area contributed by atoms with Gasteiger partial charge < -0.3 is 10.1 Å². The summed E-state index contributed by atoms with van der Waals surface area (Å²) in [5.41, 5.74) is 1.58. The van der Waals surface area contributed by atoms with E-state index in [2.05, 4.69) is 59.1 Å². The van der Waals surface area contributed by atoms with Crippen LogP contribution in [0.2, 0.25) is 0 Å². The van der Waals surface area contributed by atoms with Crippen molar-refractivity contribution >= 4 is 31.9 Å². The summed E-state index contributed by atoms with van der Waals surface area (Å²) in [5, 5.41) is 3.45. The minimum atomic E-state index is -0.184. The number of rotatable bonds is 6. The number of hydrogen-bond acceptors (Lipinski definition) is 5. The molecule has 0 saturated carbocycles. The summed E-state index contributed by atoms with van der Waals surface area (Å²) in [6.45, 7) is 2.95. The quantitative estimate of drug-likeness (QED) is 0.782. The third-order valence-corrected chi connectivity index (χ3v) is 3.93. The van der Waals surface area contributed by atoms with Crippen molar-refractivity contribution in [2.75, 3.05) is 13.7 Å². The smallest absolute Gasteiger partial charge is 0.237 e. The van der Waals surface area contributed by atoms with Crippen molar-refractivity contribution < 1.29 is 4.74 Å². The molecule has 7 heteroatoms. The lowest BCUT2D eigenvalue weighted by atomic mass is 10.1. The summed E-state index contributed by atoms with van der Waals surface area (Å²) in [7, 11) is 1.59. The van der Waals surface area contributed by atoms with Crippen molar-refractivity contribution in [3.8, 4) is 5.88 Å². The summed E-state index contributed by atoms with van der Waals surface area (Å²) in [5.74, 6) is 0.503. The van der Waals surface area contributed by atoms with E-state index in [4.69, 9.17) is 4.74 Å². The standard InChI is InChI=1S/C14H16Br2N4O/c1-3-4-17-12(11-10(16)7-9(15)8-20-11)13-14(21-2)19-6-5-18-13/h5-8,12,17H,3-4H2,1-2H3. The molecule has 0 amide bonds. The normalized spacial score (nSPS) is 12.2. The number of nitrogens with zero attached hydrogens (tertiary/aromatic N) is 3. The third kappa shape index (κ3) is 3.99. The summed E-state index contributed by atoms with van der Waals surface area (Å²) >= 11 is 6.98. The van der Waals surface area contributed by atoms with Crippen LogP contribution in [0, 0.1) is 0 Å². The first-order valence-electron chi connectivity index (χ1n) is 6.56. The van der Waals surface area contributed by atoms with Crippen LogP contribution in [0.1, 0.15) is 30.8 Å². The second kappa shape index (κ2) is 7.82. The summed E-state index contributed by atoms with van der Waals surface area (Å²) in [6.07, 6.45) is 6.05. The van der Waals surface area contributed by atoms with Gasteiger partial charge in [-0.3, -0.25) is 9.97 Å². The lowest BCUT2D eigenvalue weighted by Crippen LogP contribution is -2.26. The molecular formula is C14H16Br2N4O. The van der Waals surface area contributed by atoms with Gasteiger partial charge in [-0.2, -0.15) is 0 Å². The Bertz CT molecular complexity index is 609. The molecular weight excluding hydrogens is 400 g/mol.